The zero-order valence-electron chi connectivity index (χ0n) is 13.7. The summed E-state index contributed by atoms with van der Waals surface area (Å²) in [6, 6.07) is 5.89. The zero-order chi connectivity index (χ0) is 16.0. The number of amides is 2. The molecule has 0 fully saturated rings. The van der Waals surface area contributed by atoms with E-state index in [1.54, 1.807) is 0 Å². The Labute approximate surface area is 128 Å². The second kappa shape index (κ2) is 8.03. The van der Waals surface area contributed by atoms with Gasteiger partial charge < -0.3 is 15.7 Å². The third-order valence-electron chi connectivity index (χ3n) is 3.55. The topological polar surface area (TPSA) is 61.4 Å². The second-order valence-electron chi connectivity index (χ2n) is 6.13. The molecule has 0 heterocycles. The maximum absolute atomic E-state index is 12.1. The van der Waals surface area contributed by atoms with Crippen LogP contribution in [-0.4, -0.2) is 23.8 Å². The summed E-state index contributed by atoms with van der Waals surface area (Å²) < 4.78 is 0. The molecule has 0 saturated heterocycles. The number of para-hydroxylation sites is 1. The molecule has 4 nitrogen and oxygen atoms in total. The molecule has 0 aliphatic rings. The number of hydrogen-bond donors (Lipinski definition) is 3. The van der Waals surface area contributed by atoms with Crippen molar-refractivity contribution >= 4 is 11.7 Å². The van der Waals surface area contributed by atoms with Gasteiger partial charge >= 0.3 is 6.03 Å². The number of carbonyl (C=O) groups is 1. The van der Waals surface area contributed by atoms with E-state index in [0.717, 1.165) is 16.8 Å². The fourth-order valence-corrected chi connectivity index (χ4v) is 2.33. The van der Waals surface area contributed by atoms with Crippen LogP contribution in [0.2, 0.25) is 0 Å². The molecule has 118 valence electrons. The van der Waals surface area contributed by atoms with Gasteiger partial charge in [-0.25, -0.2) is 4.79 Å². The van der Waals surface area contributed by atoms with Crippen molar-refractivity contribution in [3.05, 3.63) is 29.3 Å². The molecule has 0 saturated carbocycles. The molecule has 0 aliphatic carbocycles. The van der Waals surface area contributed by atoms with E-state index in [2.05, 4.69) is 50.5 Å². The van der Waals surface area contributed by atoms with E-state index in [4.69, 9.17) is 5.11 Å². The van der Waals surface area contributed by atoms with Crippen LogP contribution < -0.4 is 10.6 Å². The standard InChI is InChI=1S/C17H28N2O2/c1-11(2)14-7-6-8-15(12(3)4)16(14)19-17(21)18-13(5)9-10-20/h6-8,11-13,20H,9-10H2,1-5H3,(H2,18,19,21)/t13-/m1/s1. The number of nitrogens with one attached hydrogen (secondary N) is 2. The average molecular weight is 292 g/mol. The van der Waals surface area contributed by atoms with Crippen LogP contribution in [0.25, 0.3) is 0 Å². The van der Waals surface area contributed by atoms with Gasteiger partial charge in [0, 0.05) is 18.3 Å². The Hall–Kier alpha value is -1.55. The maximum atomic E-state index is 12.1. The van der Waals surface area contributed by atoms with Gasteiger partial charge in [0.25, 0.3) is 0 Å². The number of carbonyl (C=O) groups excluding carboxylic acids is 1. The van der Waals surface area contributed by atoms with E-state index >= 15 is 0 Å². The zero-order valence-corrected chi connectivity index (χ0v) is 13.7. The first-order valence-corrected chi connectivity index (χ1v) is 7.68. The van der Waals surface area contributed by atoms with Crippen molar-refractivity contribution in [2.45, 2.75) is 58.9 Å². The molecule has 0 bridgehead atoms. The number of aliphatic hydroxyl groups excluding tert-OH is 1. The van der Waals surface area contributed by atoms with Crippen molar-refractivity contribution < 1.29 is 9.90 Å². The van der Waals surface area contributed by atoms with E-state index in [9.17, 15) is 4.79 Å². The monoisotopic (exact) mass is 292 g/mol. The van der Waals surface area contributed by atoms with Crippen molar-refractivity contribution in [1.82, 2.24) is 5.32 Å². The van der Waals surface area contributed by atoms with Gasteiger partial charge in [-0.05, 0) is 36.3 Å². The molecule has 3 N–H and O–H groups in total. The quantitative estimate of drug-likeness (QED) is 0.746. The number of aliphatic hydroxyl groups is 1. The Bertz CT molecular complexity index is 444. The van der Waals surface area contributed by atoms with Crippen LogP contribution in [0.15, 0.2) is 18.2 Å². The highest BCUT2D eigenvalue weighted by atomic mass is 16.3. The van der Waals surface area contributed by atoms with Crippen LogP contribution in [0, 0.1) is 0 Å². The van der Waals surface area contributed by atoms with Crippen LogP contribution in [0.5, 0.6) is 0 Å². The molecule has 0 aromatic heterocycles. The first kappa shape index (κ1) is 17.5. The SMILES string of the molecule is CC(C)c1cccc(C(C)C)c1NC(=O)N[C@H](C)CCO. The fourth-order valence-electron chi connectivity index (χ4n) is 2.33. The van der Waals surface area contributed by atoms with E-state index in [0.29, 0.717) is 18.3 Å². The summed E-state index contributed by atoms with van der Waals surface area (Å²) in [4.78, 5) is 12.1. The third-order valence-corrected chi connectivity index (χ3v) is 3.55. The van der Waals surface area contributed by atoms with Gasteiger partial charge in [-0.15, -0.1) is 0 Å². The average Bonchev–Trinajstić information content (AvgIpc) is 2.38. The number of urea groups is 1. The highest BCUT2D eigenvalue weighted by molar-refractivity contribution is 5.91. The molecule has 1 rings (SSSR count). The van der Waals surface area contributed by atoms with Crippen LogP contribution in [0.1, 0.15) is 64.0 Å². The number of rotatable bonds is 6. The number of benzene rings is 1. The van der Waals surface area contributed by atoms with Gasteiger partial charge in [0.05, 0.1) is 0 Å². The highest BCUT2D eigenvalue weighted by Gasteiger charge is 2.16. The van der Waals surface area contributed by atoms with Crippen LogP contribution in [0.3, 0.4) is 0 Å². The Morgan fingerprint density at radius 2 is 1.62 bits per heavy atom. The second-order valence-corrected chi connectivity index (χ2v) is 6.13. The molecule has 1 atom stereocenters. The Balaban J connectivity index is 2.97. The first-order chi connectivity index (χ1) is 9.86. The highest BCUT2D eigenvalue weighted by Crippen LogP contribution is 2.32. The molecule has 4 heteroatoms. The Morgan fingerprint density at radius 1 is 1.10 bits per heavy atom. The lowest BCUT2D eigenvalue weighted by Gasteiger charge is -2.21. The smallest absolute Gasteiger partial charge is 0.319 e. The number of anilines is 1. The molecule has 0 spiro atoms. The summed E-state index contributed by atoms with van der Waals surface area (Å²) >= 11 is 0. The van der Waals surface area contributed by atoms with E-state index in [-0.39, 0.29) is 18.7 Å². The van der Waals surface area contributed by atoms with E-state index < -0.39 is 0 Å². The van der Waals surface area contributed by atoms with E-state index in [1.807, 2.05) is 13.0 Å². The predicted octanol–water partition coefficient (Wildman–Crippen LogP) is 3.83. The summed E-state index contributed by atoms with van der Waals surface area (Å²) in [5.41, 5.74) is 3.20. The van der Waals surface area contributed by atoms with Crippen LogP contribution in [-0.2, 0) is 0 Å². The minimum Gasteiger partial charge on any atom is -0.396 e. The van der Waals surface area contributed by atoms with Gasteiger partial charge in [0.2, 0.25) is 0 Å². The van der Waals surface area contributed by atoms with Crippen LogP contribution in [0.4, 0.5) is 10.5 Å². The van der Waals surface area contributed by atoms with Crippen molar-refractivity contribution in [1.29, 1.82) is 0 Å². The first-order valence-electron chi connectivity index (χ1n) is 7.68. The van der Waals surface area contributed by atoms with Crippen molar-refractivity contribution in [2.24, 2.45) is 0 Å². The molecule has 2 amide bonds. The fraction of sp³-hybridized carbons (Fsp3) is 0.588. The summed E-state index contributed by atoms with van der Waals surface area (Å²) in [7, 11) is 0. The summed E-state index contributed by atoms with van der Waals surface area (Å²) in [5.74, 6) is 0.683. The van der Waals surface area contributed by atoms with Crippen molar-refractivity contribution in [3.8, 4) is 0 Å². The lowest BCUT2D eigenvalue weighted by molar-refractivity contribution is 0.241. The summed E-state index contributed by atoms with van der Waals surface area (Å²) in [5, 5.41) is 14.8. The predicted molar refractivity (Wildman–Crippen MR) is 87.9 cm³/mol. The lowest BCUT2D eigenvalue weighted by atomic mass is 9.93. The molecule has 1 aromatic carbocycles. The molecule has 0 unspecified atom stereocenters. The molecular weight excluding hydrogens is 264 g/mol. The minimum absolute atomic E-state index is 0.0521. The molecule has 1 aromatic rings. The van der Waals surface area contributed by atoms with Crippen molar-refractivity contribution in [2.75, 3.05) is 11.9 Å². The Kier molecular flexibility index (Phi) is 6.69. The summed E-state index contributed by atoms with van der Waals surface area (Å²) in [6.45, 7) is 10.4. The molecule has 0 radical (unpaired) electrons. The van der Waals surface area contributed by atoms with Gasteiger partial charge in [0.15, 0.2) is 0 Å². The lowest BCUT2D eigenvalue weighted by Crippen LogP contribution is -2.37. The van der Waals surface area contributed by atoms with Gasteiger partial charge in [0.1, 0.15) is 0 Å². The van der Waals surface area contributed by atoms with Gasteiger partial charge in [-0.2, -0.15) is 0 Å². The molecule has 21 heavy (non-hydrogen) atoms. The number of hydrogen-bond acceptors (Lipinski definition) is 2. The van der Waals surface area contributed by atoms with E-state index in [1.165, 1.54) is 0 Å². The largest absolute Gasteiger partial charge is 0.396 e. The van der Waals surface area contributed by atoms with Crippen LogP contribution >= 0.6 is 0 Å². The van der Waals surface area contributed by atoms with Gasteiger partial charge in [-0.3, -0.25) is 0 Å². The third kappa shape index (κ3) is 5.05. The van der Waals surface area contributed by atoms with Crippen molar-refractivity contribution in [3.63, 3.8) is 0 Å². The molecule has 0 aliphatic heterocycles. The maximum Gasteiger partial charge on any atom is 0.319 e. The minimum atomic E-state index is -0.217. The summed E-state index contributed by atoms with van der Waals surface area (Å²) in [6.07, 6.45) is 0.552. The van der Waals surface area contributed by atoms with Gasteiger partial charge in [-0.1, -0.05) is 45.9 Å². The normalized spacial score (nSPS) is 12.6. The Morgan fingerprint density at radius 3 is 2.05 bits per heavy atom. The molecular formula is C17H28N2O2.